The highest BCUT2D eigenvalue weighted by atomic mass is 16.2. The Labute approximate surface area is 163 Å². The van der Waals surface area contributed by atoms with Gasteiger partial charge in [-0.2, -0.15) is 0 Å². The summed E-state index contributed by atoms with van der Waals surface area (Å²) in [7, 11) is 0. The van der Waals surface area contributed by atoms with Crippen LogP contribution in [0.2, 0.25) is 0 Å². The maximum absolute atomic E-state index is 13.0. The van der Waals surface area contributed by atoms with Crippen molar-refractivity contribution in [3.8, 4) is 0 Å². The lowest BCUT2D eigenvalue weighted by Gasteiger charge is -2.37. The van der Waals surface area contributed by atoms with E-state index in [-0.39, 0.29) is 5.92 Å². The molecule has 1 saturated heterocycles. The molecule has 0 aliphatic carbocycles. The summed E-state index contributed by atoms with van der Waals surface area (Å²) in [6.07, 6.45) is 2.99. The first-order valence-electron chi connectivity index (χ1n) is 10.3. The smallest absolute Gasteiger partial charge is 0.226 e. The highest BCUT2D eigenvalue weighted by molar-refractivity contribution is 5.79. The van der Waals surface area contributed by atoms with Gasteiger partial charge >= 0.3 is 0 Å². The molecular formula is C24H30N2O. The van der Waals surface area contributed by atoms with Gasteiger partial charge in [0.2, 0.25) is 5.91 Å². The number of fused-ring (bicyclic) bond motifs is 1. The van der Waals surface area contributed by atoms with Crippen molar-refractivity contribution in [2.24, 2.45) is 5.92 Å². The van der Waals surface area contributed by atoms with Gasteiger partial charge in [0.05, 0.1) is 0 Å². The minimum absolute atomic E-state index is 0.207. The fraction of sp³-hybridized carbons (Fsp3) is 0.458. The number of likely N-dealkylation sites (tertiary alicyclic amines) is 1. The molecule has 0 aromatic heterocycles. The van der Waals surface area contributed by atoms with Crippen molar-refractivity contribution in [2.75, 3.05) is 26.2 Å². The van der Waals surface area contributed by atoms with Crippen LogP contribution < -0.4 is 0 Å². The van der Waals surface area contributed by atoms with E-state index in [0.717, 1.165) is 52.0 Å². The molecule has 0 N–H and O–H groups in total. The number of carbonyl (C=O) groups is 1. The molecule has 2 aromatic carbocycles. The third-order valence-corrected chi connectivity index (χ3v) is 6.28. The molecule has 3 heteroatoms. The van der Waals surface area contributed by atoms with E-state index in [9.17, 15) is 4.79 Å². The van der Waals surface area contributed by atoms with Gasteiger partial charge in [-0.05, 0) is 55.0 Å². The standard InChI is InChI=1S/C24H30N2O/c1-19(20-7-3-2-4-8-20)17-25-14-11-22(12-15-25)24(27)26-16-13-21-9-5-6-10-23(21)18-26/h2-10,19,22H,11-18H2,1H3. The van der Waals surface area contributed by atoms with Crippen LogP contribution in [0, 0.1) is 5.92 Å². The van der Waals surface area contributed by atoms with Crippen molar-refractivity contribution in [3.63, 3.8) is 0 Å². The molecule has 0 radical (unpaired) electrons. The Balaban J connectivity index is 1.28. The molecule has 1 fully saturated rings. The van der Waals surface area contributed by atoms with E-state index in [1.807, 2.05) is 0 Å². The van der Waals surface area contributed by atoms with Gasteiger partial charge in [-0.15, -0.1) is 0 Å². The van der Waals surface area contributed by atoms with Crippen molar-refractivity contribution < 1.29 is 4.79 Å². The van der Waals surface area contributed by atoms with Crippen LogP contribution in [0.15, 0.2) is 54.6 Å². The topological polar surface area (TPSA) is 23.6 Å². The van der Waals surface area contributed by atoms with Crippen molar-refractivity contribution in [1.29, 1.82) is 0 Å². The van der Waals surface area contributed by atoms with Crippen molar-refractivity contribution in [1.82, 2.24) is 9.80 Å². The summed E-state index contributed by atoms with van der Waals surface area (Å²) in [5, 5.41) is 0. The maximum Gasteiger partial charge on any atom is 0.226 e. The minimum Gasteiger partial charge on any atom is -0.338 e. The van der Waals surface area contributed by atoms with Gasteiger partial charge in [0.1, 0.15) is 0 Å². The van der Waals surface area contributed by atoms with Crippen LogP contribution in [0.3, 0.4) is 0 Å². The molecule has 1 atom stereocenters. The Morgan fingerprint density at radius 2 is 1.63 bits per heavy atom. The molecular weight excluding hydrogens is 332 g/mol. The second kappa shape index (κ2) is 8.26. The molecule has 0 saturated carbocycles. The molecule has 2 aromatic rings. The largest absolute Gasteiger partial charge is 0.338 e. The second-order valence-corrected chi connectivity index (χ2v) is 8.17. The van der Waals surface area contributed by atoms with Crippen LogP contribution in [-0.2, 0) is 17.8 Å². The summed E-state index contributed by atoms with van der Waals surface area (Å²) in [6, 6.07) is 19.3. The van der Waals surface area contributed by atoms with Crippen LogP contribution in [-0.4, -0.2) is 41.9 Å². The van der Waals surface area contributed by atoms with Crippen molar-refractivity contribution in [2.45, 2.75) is 38.6 Å². The first-order chi connectivity index (χ1) is 13.2. The molecule has 2 aliphatic rings. The molecule has 2 heterocycles. The quantitative estimate of drug-likeness (QED) is 0.818. The SMILES string of the molecule is CC(CN1CCC(C(=O)N2CCc3ccccc3C2)CC1)c1ccccc1. The number of piperidine rings is 1. The molecule has 0 bridgehead atoms. The zero-order chi connectivity index (χ0) is 18.6. The van der Waals surface area contributed by atoms with E-state index < -0.39 is 0 Å². The van der Waals surface area contributed by atoms with Gasteiger partial charge in [0.25, 0.3) is 0 Å². The van der Waals surface area contributed by atoms with E-state index in [1.54, 1.807) is 0 Å². The molecule has 142 valence electrons. The van der Waals surface area contributed by atoms with E-state index in [2.05, 4.69) is 71.3 Å². The van der Waals surface area contributed by atoms with Crippen molar-refractivity contribution in [3.05, 3.63) is 71.3 Å². The second-order valence-electron chi connectivity index (χ2n) is 8.17. The molecule has 1 amide bonds. The molecule has 2 aliphatic heterocycles. The Morgan fingerprint density at radius 3 is 2.37 bits per heavy atom. The minimum atomic E-state index is 0.207. The highest BCUT2D eigenvalue weighted by Crippen LogP contribution is 2.26. The maximum atomic E-state index is 13.0. The van der Waals surface area contributed by atoms with E-state index >= 15 is 0 Å². The summed E-state index contributed by atoms with van der Waals surface area (Å²) in [5.74, 6) is 1.12. The average molecular weight is 363 g/mol. The molecule has 0 spiro atoms. The van der Waals surface area contributed by atoms with Gasteiger partial charge < -0.3 is 9.80 Å². The van der Waals surface area contributed by atoms with Crippen molar-refractivity contribution >= 4 is 5.91 Å². The third kappa shape index (κ3) is 4.24. The van der Waals surface area contributed by atoms with Gasteiger partial charge in [0, 0.05) is 25.6 Å². The van der Waals surface area contributed by atoms with E-state index in [4.69, 9.17) is 0 Å². The fourth-order valence-electron chi connectivity index (χ4n) is 4.58. The van der Waals surface area contributed by atoms with Crippen LogP contribution in [0.1, 0.15) is 42.4 Å². The summed E-state index contributed by atoms with van der Waals surface area (Å²) < 4.78 is 0. The lowest BCUT2D eigenvalue weighted by atomic mass is 9.92. The normalized spacial score (nSPS) is 19.5. The predicted molar refractivity (Wildman–Crippen MR) is 110 cm³/mol. The van der Waals surface area contributed by atoms with Crippen LogP contribution in [0.25, 0.3) is 0 Å². The van der Waals surface area contributed by atoms with Gasteiger partial charge in [-0.25, -0.2) is 0 Å². The first-order valence-corrected chi connectivity index (χ1v) is 10.3. The average Bonchev–Trinajstić information content (AvgIpc) is 2.74. The monoisotopic (exact) mass is 362 g/mol. The lowest BCUT2D eigenvalue weighted by molar-refractivity contribution is -0.138. The fourth-order valence-corrected chi connectivity index (χ4v) is 4.58. The van der Waals surface area contributed by atoms with Crippen LogP contribution in [0.4, 0.5) is 0 Å². The predicted octanol–water partition coefficient (Wildman–Crippen LogP) is 4.09. The first kappa shape index (κ1) is 18.2. The highest BCUT2D eigenvalue weighted by Gasteiger charge is 2.30. The Hall–Kier alpha value is -2.13. The van der Waals surface area contributed by atoms with Crippen LogP contribution in [0.5, 0.6) is 0 Å². The summed E-state index contributed by atoms with van der Waals surface area (Å²) in [6.45, 7) is 7.14. The summed E-state index contributed by atoms with van der Waals surface area (Å²) in [5.41, 5.74) is 4.14. The van der Waals surface area contributed by atoms with E-state index in [0.29, 0.717) is 11.8 Å². The van der Waals surface area contributed by atoms with Gasteiger partial charge in [-0.3, -0.25) is 4.79 Å². The van der Waals surface area contributed by atoms with Gasteiger partial charge in [0.15, 0.2) is 0 Å². The zero-order valence-corrected chi connectivity index (χ0v) is 16.3. The lowest BCUT2D eigenvalue weighted by Crippen LogP contribution is -2.44. The summed E-state index contributed by atoms with van der Waals surface area (Å²) >= 11 is 0. The number of carbonyl (C=O) groups excluding carboxylic acids is 1. The molecule has 27 heavy (non-hydrogen) atoms. The van der Waals surface area contributed by atoms with Gasteiger partial charge in [-0.1, -0.05) is 61.5 Å². The number of hydrogen-bond donors (Lipinski definition) is 0. The number of hydrogen-bond acceptors (Lipinski definition) is 2. The summed E-state index contributed by atoms with van der Waals surface area (Å²) in [4.78, 5) is 17.6. The number of amides is 1. The Morgan fingerprint density at radius 1 is 0.963 bits per heavy atom. The number of nitrogens with zero attached hydrogens (tertiary/aromatic N) is 2. The molecule has 4 rings (SSSR count). The van der Waals surface area contributed by atoms with E-state index in [1.165, 1.54) is 16.7 Å². The van der Waals surface area contributed by atoms with Crippen LogP contribution >= 0.6 is 0 Å². The zero-order valence-electron chi connectivity index (χ0n) is 16.3. The molecule has 1 unspecified atom stereocenters. The number of benzene rings is 2. The Bertz CT molecular complexity index is 765. The Kier molecular flexibility index (Phi) is 5.58. The number of rotatable bonds is 4. The molecule has 3 nitrogen and oxygen atoms in total. The third-order valence-electron chi connectivity index (χ3n) is 6.28.